The number of methoxy groups -OCH3 is 1. The van der Waals surface area contributed by atoms with Gasteiger partial charge in [0.1, 0.15) is 0 Å². The third kappa shape index (κ3) is 3.80. The van der Waals surface area contributed by atoms with Crippen molar-refractivity contribution >= 4 is 5.91 Å². The summed E-state index contributed by atoms with van der Waals surface area (Å²) in [5.74, 6) is 0.0343. The topological polar surface area (TPSA) is 55.6 Å². The van der Waals surface area contributed by atoms with Crippen LogP contribution in [0.1, 0.15) is 33.6 Å². The Morgan fingerprint density at radius 3 is 2.20 bits per heavy atom. The number of ether oxygens (including phenoxy) is 1. The van der Waals surface area contributed by atoms with Crippen molar-refractivity contribution in [1.29, 1.82) is 0 Å². The van der Waals surface area contributed by atoms with Crippen LogP contribution in [0.2, 0.25) is 0 Å². The molecular formula is C11H24N2O2. The summed E-state index contributed by atoms with van der Waals surface area (Å²) in [7, 11) is 1.63. The molecule has 0 spiro atoms. The van der Waals surface area contributed by atoms with E-state index in [0.717, 1.165) is 0 Å². The molecule has 0 aromatic carbocycles. The third-order valence-electron chi connectivity index (χ3n) is 2.92. The highest BCUT2D eigenvalue weighted by Crippen LogP contribution is 2.14. The summed E-state index contributed by atoms with van der Waals surface area (Å²) in [4.78, 5) is 13.9. The Kier molecular flexibility index (Phi) is 6.52. The molecule has 4 nitrogen and oxygen atoms in total. The normalized spacial score (nSPS) is 11.5. The number of likely N-dealkylation sites (N-methyl/N-ethyl adjacent to an activating group) is 1. The maximum atomic E-state index is 12.1. The first kappa shape index (κ1) is 14.4. The van der Waals surface area contributed by atoms with Crippen molar-refractivity contribution in [3.63, 3.8) is 0 Å². The predicted octanol–water partition coefficient (Wildman–Crippen LogP) is 0.999. The van der Waals surface area contributed by atoms with Gasteiger partial charge < -0.3 is 15.4 Å². The lowest BCUT2D eigenvalue weighted by atomic mass is 9.92. The van der Waals surface area contributed by atoms with E-state index < -0.39 is 5.54 Å². The molecule has 0 unspecified atom stereocenters. The van der Waals surface area contributed by atoms with Gasteiger partial charge in [-0.15, -0.1) is 0 Å². The van der Waals surface area contributed by atoms with E-state index in [9.17, 15) is 4.79 Å². The van der Waals surface area contributed by atoms with Crippen LogP contribution in [0, 0.1) is 0 Å². The molecule has 0 aliphatic carbocycles. The van der Waals surface area contributed by atoms with Crippen molar-refractivity contribution in [2.75, 3.05) is 26.8 Å². The average molecular weight is 216 g/mol. The third-order valence-corrected chi connectivity index (χ3v) is 2.92. The number of carbonyl (C=O) groups is 1. The van der Waals surface area contributed by atoms with Crippen molar-refractivity contribution in [2.45, 2.75) is 39.2 Å². The fourth-order valence-corrected chi connectivity index (χ4v) is 1.47. The Balaban J connectivity index is 4.48. The summed E-state index contributed by atoms with van der Waals surface area (Å²) >= 11 is 0. The second-order valence-corrected chi connectivity index (χ2v) is 3.74. The summed E-state index contributed by atoms with van der Waals surface area (Å²) in [6, 6.07) is 0. The second kappa shape index (κ2) is 6.80. The molecular weight excluding hydrogens is 192 g/mol. The lowest BCUT2D eigenvalue weighted by molar-refractivity contribution is -0.137. The van der Waals surface area contributed by atoms with Crippen LogP contribution in [0.3, 0.4) is 0 Å². The van der Waals surface area contributed by atoms with Gasteiger partial charge in [-0.3, -0.25) is 4.79 Å². The highest BCUT2D eigenvalue weighted by Gasteiger charge is 2.33. The number of carbonyl (C=O) groups excluding carboxylic acids is 1. The Labute approximate surface area is 92.8 Å². The summed E-state index contributed by atoms with van der Waals surface area (Å²) in [6.07, 6.45) is 1.34. The monoisotopic (exact) mass is 216 g/mol. The fraction of sp³-hybridized carbons (Fsp3) is 0.909. The van der Waals surface area contributed by atoms with Gasteiger partial charge in [0, 0.05) is 20.2 Å². The van der Waals surface area contributed by atoms with E-state index in [1.165, 1.54) is 0 Å². The van der Waals surface area contributed by atoms with Crippen LogP contribution in [-0.2, 0) is 9.53 Å². The number of rotatable bonds is 7. The molecule has 0 heterocycles. The van der Waals surface area contributed by atoms with Gasteiger partial charge in [0.2, 0.25) is 5.91 Å². The molecule has 0 rings (SSSR count). The number of hydrogen-bond acceptors (Lipinski definition) is 3. The molecule has 0 aliphatic heterocycles. The van der Waals surface area contributed by atoms with Crippen LogP contribution in [0.5, 0.6) is 0 Å². The average Bonchev–Trinajstić information content (AvgIpc) is 2.28. The lowest BCUT2D eigenvalue weighted by Crippen LogP contribution is -2.55. The minimum absolute atomic E-state index is 0.0343. The molecule has 90 valence electrons. The zero-order chi connectivity index (χ0) is 11.9. The van der Waals surface area contributed by atoms with Gasteiger partial charge in [-0.2, -0.15) is 0 Å². The Morgan fingerprint density at radius 2 is 1.87 bits per heavy atom. The first-order valence-electron chi connectivity index (χ1n) is 5.62. The van der Waals surface area contributed by atoms with Crippen molar-refractivity contribution in [2.24, 2.45) is 5.73 Å². The molecule has 0 atom stereocenters. The SMILES string of the molecule is CCN(CCOC)C(=O)C(N)(CC)CC. The molecule has 0 aromatic heterocycles. The Morgan fingerprint density at radius 1 is 1.33 bits per heavy atom. The van der Waals surface area contributed by atoms with Crippen LogP contribution >= 0.6 is 0 Å². The molecule has 0 saturated heterocycles. The highest BCUT2D eigenvalue weighted by molar-refractivity contribution is 5.86. The van der Waals surface area contributed by atoms with Crippen molar-refractivity contribution < 1.29 is 9.53 Å². The molecule has 0 aliphatic rings. The van der Waals surface area contributed by atoms with Gasteiger partial charge in [0.05, 0.1) is 12.1 Å². The molecule has 0 bridgehead atoms. The first-order valence-corrected chi connectivity index (χ1v) is 5.62. The lowest BCUT2D eigenvalue weighted by Gasteiger charge is -2.32. The van der Waals surface area contributed by atoms with E-state index >= 15 is 0 Å². The van der Waals surface area contributed by atoms with Gasteiger partial charge in [-0.1, -0.05) is 13.8 Å². The van der Waals surface area contributed by atoms with Crippen LogP contribution < -0.4 is 5.73 Å². The van der Waals surface area contributed by atoms with Crippen LogP contribution in [-0.4, -0.2) is 43.2 Å². The molecule has 0 aromatic rings. The molecule has 15 heavy (non-hydrogen) atoms. The maximum Gasteiger partial charge on any atom is 0.242 e. The molecule has 0 fully saturated rings. The van der Waals surface area contributed by atoms with Gasteiger partial charge in [0.25, 0.3) is 0 Å². The zero-order valence-corrected chi connectivity index (χ0v) is 10.4. The van der Waals surface area contributed by atoms with E-state index in [2.05, 4.69) is 0 Å². The minimum Gasteiger partial charge on any atom is -0.383 e. The standard InChI is InChI=1S/C11H24N2O2/c1-5-11(12,6-2)10(14)13(7-3)8-9-15-4/h5-9,12H2,1-4H3. The molecule has 1 amide bonds. The largest absolute Gasteiger partial charge is 0.383 e. The highest BCUT2D eigenvalue weighted by atomic mass is 16.5. The van der Waals surface area contributed by atoms with E-state index in [1.54, 1.807) is 12.0 Å². The number of nitrogens with zero attached hydrogens (tertiary/aromatic N) is 1. The molecule has 0 saturated carbocycles. The smallest absolute Gasteiger partial charge is 0.242 e. The van der Waals surface area contributed by atoms with E-state index in [-0.39, 0.29) is 5.91 Å². The molecule has 0 radical (unpaired) electrons. The van der Waals surface area contributed by atoms with Crippen molar-refractivity contribution in [1.82, 2.24) is 4.90 Å². The van der Waals surface area contributed by atoms with Crippen molar-refractivity contribution in [3.05, 3.63) is 0 Å². The van der Waals surface area contributed by atoms with Crippen LogP contribution in [0.25, 0.3) is 0 Å². The zero-order valence-electron chi connectivity index (χ0n) is 10.4. The minimum atomic E-state index is -0.705. The van der Waals surface area contributed by atoms with Gasteiger partial charge in [-0.25, -0.2) is 0 Å². The number of nitrogens with two attached hydrogens (primary N) is 1. The summed E-state index contributed by atoms with van der Waals surface area (Å²) in [5, 5.41) is 0. The van der Waals surface area contributed by atoms with E-state index in [0.29, 0.717) is 32.5 Å². The quantitative estimate of drug-likeness (QED) is 0.690. The molecule has 4 heteroatoms. The fourth-order valence-electron chi connectivity index (χ4n) is 1.47. The Bertz CT molecular complexity index is 191. The van der Waals surface area contributed by atoms with Crippen LogP contribution in [0.15, 0.2) is 0 Å². The van der Waals surface area contributed by atoms with Gasteiger partial charge in [-0.05, 0) is 19.8 Å². The second-order valence-electron chi connectivity index (χ2n) is 3.74. The number of amides is 1. The first-order chi connectivity index (χ1) is 7.05. The Hall–Kier alpha value is -0.610. The summed E-state index contributed by atoms with van der Waals surface area (Å²) < 4.78 is 4.97. The van der Waals surface area contributed by atoms with E-state index in [1.807, 2.05) is 20.8 Å². The summed E-state index contributed by atoms with van der Waals surface area (Å²) in [6.45, 7) is 7.71. The van der Waals surface area contributed by atoms with Crippen LogP contribution in [0.4, 0.5) is 0 Å². The van der Waals surface area contributed by atoms with Crippen molar-refractivity contribution in [3.8, 4) is 0 Å². The van der Waals surface area contributed by atoms with Gasteiger partial charge >= 0.3 is 0 Å². The molecule has 2 N–H and O–H groups in total. The number of hydrogen-bond donors (Lipinski definition) is 1. The van der Waals surface area contributed by atoms with E-state index in [4.69, 9.17) is 10.5 Å². The predicted molar refractivity (Wildman–Crippen MR) is 61.6 cm³/mol. The van der Waals surface area contributed by atoms with Gasteiger partial charge in [0.15, 0.2) is 0 Å². The maximum absolute atomic E-state index is 12.1. The summed E-state index contributed by atoms with van der Waals surface area (Å²) in [5.41, 5.74) is 5.35.